The number of hydrogen-bond acceptors (Lipinski definition) is 5. The highest BCUT2D eigenvalue weighted by molar-refractivity contribution is 5.77. The molecule has 0 aromatic heterocycles. The minimum Gasteiger partial charge on any atom is -0.433 e. The maximum atomic E-state index is 12.0. The number of carbonyl (C=O) groups excluding carboxylic acids is 1. The molecule has 0 amide bonds. The lowest BCUT2D eigenvalue weighted by atomic mass is 9.72. The molecule has 5 heteroatoms. The Kier molecular flexibility index (Phi) is 2.96. The van der Waals surface area contributed by atoms with Crippen molar-refractivity contribution in [3.05, 3.63) is 0 Å². The average molecular weight is 244 g/mol. The molecular formula is C12H20O5. The van der Waals surface area contributed by atoms with E-state index in [2.05, 4.69) is 0 Å². The first-order valence-electron chi connectivity index (χ1n) is 6.02. The molecule has 0 aromatic carbocycles. The number of epoxide rings is 1. The van der Waals surface area contributed by atoms with Crippen molar-refractivity contribution in [2.45, 2.75) is 64.1 Å². The third kappa shape index (κ3) is 2.32. The van der Waals surface area contributed by atoms with Crippen LogP contribution in [0.2, 0.25) is 0 Å². The number of ether oxygens (including phenoxy) is 2. The van der Waals surface area contributed by atoms with Crippen molar-refractivity contribution in [1.29, 1.82) is 0 Å². The van der Waals surface area contributed by atoms with E-state index in [1.54, 1.807) is 0 Å². The van der Waals surface area contributed by atoms with Crippen molar-refractivity contribution in [3.63, 3.8) is 0 Å². The predicted molar refractivity (Wildman–Crippen MR) is 59.0 cm³/mol. The highest BCUT2D eigenvalue weighted by Crippen LogP contribution is 2.54. The van der Waals surface area contributed by atoms with Gasteiger partial charge in [-0.1, -0.05) is 0 Å². The number of esters is 1. The van der Waals surface area contributed by atoms with Crippen molar-refractivity contribution in [2.24, 2.45) is 5.41 Å². The van der Waals surface area contributed by atoms with Crippen LogP contribution in [-0.4, -0.2) is 40.3 Å². The Hall–Kier alpha value is -0.650. The average Bonchev–Trinajstić information content (AvgIpc) is 2.88. The Labute approximate surface area is 101 Å². The summed E-state index contributed by atoms with van der Waals surface area (Å²) in [4.78, 5) is 12.0. The number of carbonyl (C=O) groups is 1. The van der Waals surface area contributed by atoms with Crippen LogP contribution in [0, 0.1) is 5.41 Å². The molecule has 5 nitrogen and oxygen atoms in total. The van der Waals surface area contributed by atoms with Gasteiger partial charge in [-0.3, -0.25) is 4.79 Å². The number of hydrogen-bond donors (Lipinski definition) is 2. The lowest BCUT2D eigenvalue weighted by molar-refractivity contribution is -0.196. The second-order valence-electron chi connectivity index (χ2n) is 5.72. The summed E-state index contributed by atoms with van der Waals surface area (Å²) in [6.45, 7) is 5.25. The molecule has 2 rings (SSSR count). The molecule has 0 bridgehead atoms. The minimum absolute atomic E-state index is 0.0529. The smallest absolute Gasteiger partial charge is 0.314 e. The normalized spacial score (nSPS) is 43.5. The van der Waals surface area contributed by atoms with Gasteiger partial charge in [0.15, 0.2) is 0 Å². The first-order valence-corrected chi connectivity index (χ1v) is 6.02. The summed E-state index contributed by atoms with van der Waals surface area (Å²) in [7, 11) is 0. The van der Waals surface area contributed by atoms with E-state index in [0.29, 0.717) is 12.8 Å². The van der Waals surface area contributed by atoms with E-state index in [1.807, 2.05) is 13.8 Å². The van der Waals surface area contributed by atoms with Gasteiger partial charge >= 0.3 is 5.97 Å². The van der Waals surface area contributed by atoms with Crippen molar-refractivity contribution < 1.29 is 24.5 Å². The van der Waals surface area contributed by atoms with Gasteiger partial charge in [0.25, 0.3) is 0 Å². The quantitative estimate of drug-likeness (QED) is 0.431. The van der Waals surface area contributed by atoms with E-state index in [9.17, 15) is 9.90 Å². The highest BCUT2D eigenvalue weighted by atomic mass is 16.6. The van der Waals surface area contributed by atoms with Crippen LogP contribution in [0.15, 0.2) is 0 Å². The van der Waals surface area contributed by atoms with E-state index < -0.39 is 23.8 Å². The summed E-state index contributed by atoms with van der Waals surface area (Å²) < 4.78 is 10.4. The molecule has 2 N–H and O–H groups in total. The van der Waals surface area contributed by atoms with Gasteiger partial charge in [0.2, 0.25) is 6.29 Å². The Morgan fingerprint density at radius 3 is 2.59 bits per heavy atom. The van der Waals surface area contributed by atoms with Crippen LogP contribution in [0.3, 0.4) is 0 Å². The number of fused-ring (bicyclic) bond motifs is 1. The van der Waals surface area contributed by atoms with E-state index in [-0.39, 0.29) is 11.7 Å². The monoisotopic (exact) mass is 244 g/mol. The zero-order valence-electron chi connectivity index (χ0n) is 10.5. The first-order chi connectivity index (χ1) is 7.77. The van der Waals surface area contributed by atoms with Crippen LogP contribution < -0.4 is 0 Å². The van der Waals surface area contributed by atoms with Crippen molar-refractivity contribution in [2.75, 3.05) is 0 Å². The number of aliphatic hydroxyl groups is 2. The van der Waals surface area contributed by atoms with Crippen LogP contribution in [0.4, 0.5) is 0 Å². The second-order valence-corrected chi connectivity index (χ2v) is 5.72. The third-order valence-corrected chi connectivity index (χ3v) is 3.98. The Balaban J connectivity index is 1.95. The van der Waals surface area contributed by atoms with Crippen molar-refractivity contribution in [1.82, 2.24) is 0 Å². The molecule has 2 aliphatic rings. The SMILES string of the molecule is CC(O)C(O)OC(=O)C1(C)CCC2(C)OC2C1. The van der Waals surface area contributed by atoms with Gasteiger partial charge in [-0.25, -0.2) is 0 Å². The lowest BCUT2D eigenvalue weighted by Gasteiger charge is -2.32. The summed E-state index contributed by atoms with van der Waals surface area (Å²) in [5.74, 6) is -0.455. The molecule has 98 valence electrons. The first kappa shape index (κ1) is 12.8. The van der Waals surface area contributed by atoms with Crippen LogP contribution >= 0.6 is 0 Å². The Morgan fingerprint density at radius 2 is 2.06 bits per heavy atom. The van der Waals surface area contributed by atoms with Crippen molar-refractivity contribution >= 4 is 5.97 Å². The van der Waals surface area contributed by atoms with Gasteiger partial charge in [-0.05, 0) is 40.0 Å². The fourth-order valence-corrected chi connectivity index (χ4v) is 2.34. The van der Waals surface area contributed by atoms with Crippen LogP contribution in [0.1, 0.15) is 40.0 Å². The van der Waals surface area contributed by atoms with E-state index >= 15 is 0 Å². The molecule has 1 heterocycles. The predicted octanol–water partition coefficient (Wildman–Crippen LogP) is 0.576. The van der Waals surface area contributed by atoms with Gasteiger partial charge in [0, 0.05) is 0 Å². The summed E-state index contributed by atoms with van der Waals surface area (Å²) in [6, 6.07) is 0. The molecule has 17 heavy (non-hydrogen) atoms. The van der Waals surface area contributed by atoms with Crippen LogP contribution in [0.25, 0.3) is 0 Å². The topological polar surface area (TPSA) is 79.3 Å². The minimum atomic E-state index is -1.45. The fourth-order valence-electron chi connectivity index (χ4n) is 2.34. The molecule has 1 saturated carbocycles. The number of rotatable bonds is 3. The molecular weight excluding hydrogens is 224 g/mol. The molecule has 1 aliphatic carbocycles. The standard InChI is InChI=1S/C12H20O5/c1-7(13)9(14)16-10(15)11(2)4-5-12(3)8(6-11)17-12/h7-9,13-14H,4-6H2,1-3H3. The zero-order chi connectivity index (χ0) is 12.8. The molecule has 0 spiro atoms. The van der Waals surface area contributed by atoms with Gasteiger partial charge < -0.3 is 19.7 Å². The lowest BCUT2D eigenvalue weighted by Crippen LogP contribution is -2.40. The van der Waals surface area contributed by atoms with E-state index in [0.717, 1.165) is 6.42 Å². The Morgan fingerprint density at radius 1 is 1.41 bits per heavy atom. The highest BCUT2D eigenvalue weighted by Gasteiger charge is 2.60. The maximum Gasteiger partial charge on any atom is 0.314 e. The summed E-state index contributed by atoms with van der Waals surface area (Å²) in [5.41, 5.74) is -0.667. The molecule has 0 aromatic rings. The van der Waals surface area contributed by atoms with Crippen LogP contribution in [0.5, 0.6) is 0 Å². The van der Waals surface area contributed by atoms with Gasteiger partial charge in [0.1, 0.15) is 6.10 Å². The summed E-state index contributed by atoms with van der Waals surface area (Å²) >= 11 is 0. The van der Waals surface area contributed by atoms with E-state index in [4.69, 9.17) is 14.6 Å². The molecule has 0 radical (unpaired) electrons. The fraction of sp³-hybridized carbons (Fsp3) is 0.917. The third-order valence-electron chi connectivity index (χ3n) is 3.98. The maximum absolute atomic E-state index is 12.0. The molecule has 1 saturated heterocycles. The molecule has 2 fully saturated rings. The molecule has 5 atom stereocenters. The van der Waals surface area contributed by atoms with Gasteiger partial charge in [0.05, 0.1) is 17.1 Å². The zero-order valence-corrected chi connectivity index (χ0v) is 10.5. The van der Waals surface area contributed by atoms with E-state index in [1.165, 1.54) is 6.92 Å². The van der Waals surface area contributed by atoms with Crippen LogP contribution in [-0.2, 0) is 14.3 Å². The number of aliphatic hydroxyl groups excluding tert-OH is 2. The summed E-state index contributed by atoms with van der Waals surface area (Å²) in [5, 5.41) is 18.4. The largest absolute Gasteiger partial charge is 0.433 e. The second kappa shape index (κ2) is 3.93. The van der Waals surface area contributed by atoms with Crippen molar-refractivity contribution in [3.8, 4) is 0 Å². The Bertz CT molecular complexity index is 329. The molecule has 1 aliphatic heterocycles. The van der Waals surface area contributed by atoms with Gasteiger partial charge in [-0.15, -0.1) is 0 Å². The van der Waals surface area contributed by atoms with Gasteiger partial charge in [-0.2, -0.15) is 0 Å². The summed E-state index contributed by atoms with van der Waals surface area (Å²) in [6.07, 6.45) is -0.271. The molecule has 5 unspecified atom stereocenters.